The molecule has 0 aliphatic rings. The predicted octanol–water partition coefficient (Wildman–Crippen LogP) is 4.11. The molecule has 0 spiro atoms. The van der Waals surface area contributed by atoms with Crippen LogP contribution in [-0.2, 0) is 9.53 Å². The maximum Gasteiger partial charge on any atom is 0.340 e. The largest absolute Gasteiger partial charge is 0.462 e. The number of para-hydroxylation sites is 1. The van der Waals surface area contributed by atoms with E-state index < -0.39 is 11.9 Å². The highest BCUT2D eigenvalue weighted by molar-refractivity contribution is 6.09. The number of anilines is 1. The minimum absolute atomic E-state index is 0.0269. The van der Waals surface area contributed by atoms with Crippen molar-refractivity contribution in [2.75, 3.05) is 18.5 Å². The third kappa shape index (κ3) is 6.78. The summed E-state index contributed by atoms with van der Waals surface area (Å²) in [5.41, 5.74) is 0.338. The monoisotopic (exact) mass is 371 g/mol. The van der Waals surface area contributed by atoms with Crippen LogP contribution in [0.5, 0.6) is 0 Å². The van der Waals surface area contributed by atoms with Gasteiger partial charge in [0.1, 0.15) is 11.6 Å². The Morgan fingerprint density at radius 3 is 2.48 bits per heavy atom. The van der Waals surface area contributed by atoms with Crippen molar-refractivity contribution >= 4 is 17.6 Å². The van der Waals surface area contributed by atoms with Gasteiger partial charge in [0.25, 0.3) is 5.91 Å². The number of hydrogen-bond acceptors (Lipinski definition) is 5. The standard InChI is InChI=1S/C21H29N3O3/c1-6-8-13-27-20(26)17-11-9-10-12-18(17)23-19(25)16(14-22)15-24(7-2)21(3,4)5/h9-12,15H,6-8,13H2,1-5H3,(H,23,25)/b16-15-. The summed E-state index contributed by atoms with van der Waals surface area (Å²) in [6.45, 7) is 11.0. The molecular weight excluding hydrogens is 342 g/mol. The van der Waals surface area contributed by atoms with E-state index in [9.17, 15) is 14.9 Å². The molecular formula is C21H29N3O3. The summed E-state index contributed by atoms with van der Waals surface area (Å²) in [4.78, 5) is 26.7. The summed E-state index contributed by atoms with van der Waals surface area (Å²) >= 11 is 0. The molecule has 0 aromatic heterocycles. The summed E-state index contributed by atoms with van der Waals surface area (Å²) in [6, 6.07) is 8.56. The lowest BCUT2D eigenvalue weighted by Gasteiger charge is -2.33. The molecule has 146 valence electrons. The number of rotatable bonds is 8. The molecule has 0 bridgehead atoms. The van der Waals surface area contributed by atoms with Crippen molar-refractivity contribution in [2.45, 2.75) is 53.0 Å². The van der Waals surface area contributed by atoms with E-state index in [1.807, 2.05) is 45.6 Å². The Hall–Kier alpha value is -2.81. The fraction of sp³-hybridized carbons (Fsp3) is 0.476. The minimum Gasteiger partial charge on any atom is -0.462 e. The van der Waals surface area contributed by atoms with Crippen LogP contribution in [0, 0.1) is 11.3 Å². The number of ether oxygens (including phenoxy) is 1. The smallest absolute Gasteiger partial charge is 0.340 e. The molecule has 27 heavy (non-hydrogen) atoms. The lowest BCUT2D eigenvalue weighted by Crippen LogP contribution is -2.37. The first-order chi connectivity index (χ1) is 12.7. The van der Waals surface area contributed by atoms with Gasteiger partial charge in [0.15, 0.2) is 0 Å². The summed E-state index contributed by atoms with van der Waals surface area (Å²) < 4.78 is 5.23. The number of nitrogens with zero attached hydrogens (tertiary/aromatic N) is 2. The van der Waals surface area contributed by atoms with Crippen LogP contribution in [0.3, 0.4) is 0 Å². The Balaban J connectivity index is 3.02. The maximum absolute atomic E-state index is 12.6. The van der Waals surface area contributed by atoms with E-state index >= 15 is 0 Å². The molecule has 0 aliphatic carbocycles. The SMILES string of the molecule is CCCCOC(=O)c1ccccc1NC(=O)/C(C#N)=C\N(CC)C(C)(C)C. The first kappa shape index (κ1) is 22.2. The fourth-order valence-corrected chi connectivity index (χ4v) is 2.40. The van der Waals surface area contributed by atoms with Crippen LogP contribution in [0.4, 0.5) is 5.69 Å². The lowest BCUT2D eigenvalue weighted by atomic mass is 10.1. The van der Waals surface area contributed by atoms with Gasteiger partial charge in [-0.25, -0.2) is 4.79 Å². The Morgan fingerprint density at radius 1 is 1.26 bits per heavy atom. The first-order valence-electron chi connectivity index (χ1n) is 9.20. The number of nitrogens with one attached hydrogen (secondary N) is 1. The lowest BCUT2D eigenvalue weighted by molar-refractivity contribution is -0.112. The second-order valence-corrected chi connectivity index (χ2v) is 7.10. The average molecular weight is 371 g/mol. The second-order valence-electron chi connectivity index (χ2n) is 7.10. The number of amides is 1. The zero-order valence-corrected chi connectivity index (χ0v) is 16.8. The highest BCUT2D eigenvalue weighted by atomic mass is 16.5. The Bertz CT molecular complexity index is 727. The number of unbranched alkanes of at least 4 members (excludes halogenated alkanes) is 1. The topological polar surface area (TPSA) is 82.4 Å². The van der Waals surface area contributed by atoms with Gasteiger partial charge in [0.05, 0.1) is 17.9 Å². The van der Waals surface area contributed by atoms with Crippen LogP contribution >= 0.6 is 0 Å². The van der Waals surface area contributed by atoms with Gasteiger partial charge in [0, 0.05) is 18.3 Å². The molecule has 0 fully saturated rings. The Kier molecular flexibility index (Phi) is 8.53. The molecule has 0 heterocycles. The van der Waals surface area contributed by atoms with Crippen molar-refractivity contribution in [3.05, 3.63) is 41.6 Å². The Morgan fingerprint density at radius 2 is 1.93 bits per heavy atom. The molecule has 0 unspecified atom stereocenters. The summed E-state index contributed by atoms with van der Waals surface area (Å²) in [7, 11) is 0. The zero-order valence-electron chi connectivity index (χ0n) is 16.8. The number of benzene rings is 1. The molecule has 6 heteroatoms. The maximum atomic E-state index is 12.6. The van der Waals surface area contributed by atoms with Gasteiger partial charge in [-0.1, -0.05) is 25.5 Å². The zero-order chi connectivity index (χ0) is 20.4. The highest BCUT2D eigenvalue weighted by Crippen LogP contribution is 2.19. The van der Waals surface area contributed by atoms with Crippen LogP contribution in [0.25, 0.3) is 0 Å². The van der Waals surface area contributed by atoms with E-state index in [1.54, 1.807) is 30.5 Å². The van der Waals surface area contributed by atoms with E-state index in [-0.39, 0.29) is 16.7 Å². The molecule has 1 rings (SSSR count). The summed E-state index contributed by atoms with van der Waals surface area (Å²) in [5.74, 6) is -1.05. The van der Waals surface area contributed by atoms with Crippen LogP contribution in [0.15, 0.2) is 36.0 Å². The third-order valence-corrected chi connectivity index (χ3v) is 3.98. The van der Waals surface area contributed by atoms with E-state index in [0.29, 0.717) is 18.8 Å². The Labute approximate surface area is 161 Å². The quantitative estimate of drug-likeness (QED) is 0.322. The third-order valence-electron chi connectivity index (χ3n) is 3.98. The number of nitriles is 1. The van der Waals surface area contributed by atoms with E-state index in [0.717, 1.165) is 12.8 Å². The molecule has 6 nitrogen and oxygen atoms in total. The van der Waals surface area contributed by atoms with Gasteiger partial charge in [0.2, 0.25) is 0 Å². The minimum atomic E-state index is -0.561. The van der Waals surface area contributed by atoms with Crippen molar-refractivity contribution < 1.29 is 14.3 Å². The number of hydrogen-bond donors (Lipinski definition) is 1. The van der Waals surface area contributed by atoms with Gasteiger partial charge in [-0.2, -0.15) is 5.26 Å². The van der Waals surface area contributed by atoms with Crippen molar-refractivity contribution in [1.29, 1.82) is 5.26 Å². The van der Waals surface area contributed by atoms with Gasteiger partial charge in [-0.15, -0.1) is 0 Å². The van der Waals surface area contributed by atoms with Gasteiger partial charge in [-0.05, 0) is 46.2 Å². The summed E-state index contributed by atoms with van der Waals surface area (Å²) in [6.07, 6.45) is 3.25. The van der Waals surface area contributed by atoms with Gasteiger partial charge < -0.3 is 15.0 Å². The van der Waals surface area contributed by atoms with E-state index in [4.69, 9.17) is 4.74 Å². The molecule has 1 aromatic rings. The molecule has 1 N–H and O–H groups in total. The van der Waals surface area contributed by atoms with E-state index in [1.165, 1.54) is 0 Å². The van der Waals surface area contributed by atoms with Crippen LogP contribution in [-0.4, -0.2) is 35.5 Å². The molecule has 0 aliphatic heterocycles. The van der Waals surface area contributed by atoms with Crippen molar-refractivity contribution in [3.63, 3.8) is 0 Å². The normalized spacial score (nSPS) is 11.5. The molecule has 0 atom stereocenters. The first-order valence-corrected chi connectivity index (χ1v) is 9.20. The van der Waals surface area contributed by atoms with E-state index in [2.05, 4.69) is 5.32 Å². The average Bonchev–Trinajstić information content (AvgIpc) is 2.62. The van der Waals surface area contributed by atoms with Gasteiger partial charge >= 0.3 is 5.97 Å². The molecule has 0 radical (unpaired) electrons. The van der Waals surface area contributed by atoms with Crippen LogP contribution in [0.2, 0.25) is 0 Å². The second kappa shape index (κ2) is 10.4. The van der Waals surface area contributed by atoms with Crippen molar-refractivity contribution in [3.8, 4) is 6.07 Å². The van der Waals surface area contributed by atoms with Crippen LogP contribution in [0.1, 0.15) is 57.8 Å². The number of carbonyl (C=O) groups excluding carboxylic acids is 2. The molecule has 1 aromatic carbocycles. The molecule has 0 saturated carbocycles. The fourth-order valence-electron chi connectivity index (χ4n) is 2.40. The number of esters is 1. The predicted molar refractivity (Wildman–Crippen MR) is 106 cm³/mol. The van der Waals surface area contributed by atoms with Gasteiger partial charge in [-0.3, -0.25) is 4.79 Å². The van der Waals surface area contributed by atoms with Crippen molar-refractivity contribution in [2.24, 2.45) is 0 Å². The van der Waals surface area contributed by atoms with Crippen LogP contribution < -0.4 is 5.32 Å². The molecule has 0 saturated heterocycles. The molecule has 1 amide bonds. The summed E-state index contributed by atoms with van der Waals surface area (Å²) in [5, 5.41) is 12.1. The highest BCUT2D eigenvalue weighted by Gasteiger charge is 2.21. The van der Waals surface area contributed by atoms with Crippen molar-refractivity contribution in [1.82, 2.24) is 4.90 Å². The number of carbonyl (C=O) groups is 2.